The van der Waals surface area contributed by atoms with Crippen LogP contribution in [0.3, 0.4) is 0 Å². The molecule has 11 heteroatoms. The molecule has 2 fully saturated rings. The summed E-state index contributed by atoms with van der Waals surface area (Å²) in [6, 6.07) is 0. The summed E-state index contributed by atoms with van der Waals surface area (Å²) in [5.41, 5.74) is 6.35. The number of nitrogens with zero attached hydrogens (tertiary/aromatic N) is 3. The van der Waals surface area contributed by atoms with Gasteiger partial charge in [0.15, 0.2) is 10.6 Å². The number of rotatable bonds is 9. The zero-order valence-electron chi connectivity index (χ0n) is 21.6. The summed E-state index contributed by atoms with van der Waals surface area (Å²) in [5.74, 6) is -0.867. The van der Waals surface area contributed by atoms with Crippen LogP contribution in [0, 0.1) is 0 Å². The van der Waals surface area contributed by atoms with Gasteiger partial charge in [-0.05, 0) is 39.3 Å². The summed E-state index contributed by atoms with van der Waals surface area (Å²) in [6.07, 6.45) is 2.32. The standard InChI is InChI=1S/C21H37FN4O4S.C2H6O/c1-5-19(30-7-3)18(22)16-17(4)25-12-14-26(15-13-25)31(28,29)21(20(23)27)8-10-24(6-2)11-9-21;1-3-2/h16H,5-15H2,1-4H3,(H2,23,27);1-2H3/b17-16+,19-18-;. The summed E-state index contributed by atoms with van der Waals surface area (Å²) in [6.45, 7) is 11.0. The Morgan fingerprint density at radius 1 is 1.06 bits per heavy atom. The molecular formula is C23H43FN4O5S. The van der Waals surface area contributed by atoms with Crippen molar-refractivity contribution in [2.75, 3.05) is 66.6 Å². The number of primary amides is 1. The van der Waals surface area contributed by atoms with Crippen molar-refractivity contribution in [1.29, 1.82) is 0 Å². The number of hydrogen-bond acceptors (Lipinski definition) is 7. The van der Waals surface area contributed by atoms with Gasteiger partial charge in [-0.25, -0.2) is 12.8 Å². The Hall–Kier alpha value is -1.69. The lowest BCUT2D eigenvalue weighted by molar-refractivity contribution is -0.121. The number of hydrogen-bond donors (Lipinski definition) is 1. The molecular weight excluding hydrogens is 463 g/mol. The van der Waals surface area contributed by atoms with E-state index in [1.54, 1.807) is 21.1 Å². The van der Waals surface area contributed by atoms with Crippen LogP contribution >= 0.6 is 0 Å². The predicted octanol–water partition coefficient (Wildman–Crippen LogP) is 2.07. The van der Waals surface area contributed by atoms with Gasteiger partial charge >= 0.3 is 0 Å². The first kappa shape index (κ1) is 30.3. The van der Waals surface area contributed by atoms with Crippen LogP contribution in [0.5, 0.6) is 0 Å². The first-order valence-corrected chi connectivity index (χ1v) is 13.3. The number of ether oxygens (including phenoxy) is 2. The molecule has 9 nitrogen and oxygen atoms in total. The molecule has 34 heavy (non-hydrogen) atoms. The molecule has 0 aliphatic carbocycles. The van der Waals surface area contributed by atoms with Gasteiger partial charge in [-0.2, -0.15) is 4.31 Å². The quantitative estimate of drug-likeness (QED) is 0.377. The molecule has 0 bridgehead atoms. The fourth-order valence-corrected chi connectivity index (χ4v) is 6.35. The Labute approximate surface area is 204 Å². The van der Waals surface area contributed by atoms with Crippen LogP contribution in [0.4, 0.5) is 4.39 Å². The number of sulfonamides is 1. The highest BCUT2D eigenvalue weighted by atomic mass is 32.2. The van der Waals surface area contributed by atoms with E-state index in [0.717, 1.165) is 6.54 Å². The molecule has 0 atom stereocenters. The molecule has 2 heterocycles. The molecule has 0 aromatic carbocycles. The Kier molecular flexibility index (Phi) is 12.5. The fraction of sp³-hybridized carbons (Fsp3) is 0.783. The lowest BCUT2D eigenvalue weighted by atomic mass is 9.95. The summed E-state index contributed by atoms with van der Waals surface area (Å²) in [5, 5.41) is 0. The molecule has 198 valence electrons. The zero-order chi connectivity index (χ0) is 25.9. The van der Waals surface area contributed by atoms with Crippen molar-refractivity contribution in [1.82, 2.24) is 14.1 Å². The second-order valence-electron chi connectivity index (χ2n) is 8.44. The summed E-state index contributed by atoms with van der Waals surface area (Å²) in [7, 11) is -0.642. The highest BCUT2D eigenvalue weighted by Crippen LogP contribution is 2.34. The fourth-order valence-electron chi connectivity index (χ4n) is 4.26. The maximum Gasteiger partial charge on any atom is 0.240 e. The van der Waals surface area contributed by atoms with Crippen LogP contribution in [-0.2, 0) is 24.3 Å². The molecule has 2 rings (SSSR count). The van der Waals surface area contributed by atoms with E-state index < -0.39 is 26.5 Å². The van der Waals surface area contributed by atoms with E-state index in [1.807, 2.05) is 25.7 Å². The normalized spacial score (nSPS) is 20.8. The van der Waals surface area contributed by atoms with Gasteiger partial charge in [0.05, 0.1) is 6.61 Å². The smallest absolute Gasteiger partial charge is 0.240 e. The van der Waals surface area contributed by atoms with Gasteiger partial charge in [-0.15, -0.1) is 0 Å². The van der Waals surface area contributed by atoms with E-state index in [0.29, 0.717) is 50.7 Å². The number of piperazine rings is 1. The van der Waals surface area contributed by atoms with Crippen molar-refractivity contribution in [3.05, 3.63) is 23.4 Å². The molecule has 2 aliphatic rings. The van der Waals surface area contributed by atoms with E-state index in [1.165, 1.54) is 10.4 Å². The molecule has 0 aromatic heterocycles. The minimum atomic E-state index is -3.89. The Bertz CT molecular complexity index is 815. The number of piperidine rings is 1. The average molecular weight is 507 g/mol. The second-order valence-corrected chi connectivity index (χ2v) is 10.7. The Morgan fingerprint density at radius 3 is 2.00 bits per heavy atom. The predicted molar refractivity (Wildman–Crippen MR) is 132 cm³/mol. The third-order valence-electron chi connectivity index (χ3n) is 6.37. The molecule has 0 spiro atoms. The lowest BCUT2D eigenvalue weighted by Gasteiger charge is -2.43. The van der Waals surface area contributed by atoms with Crippen LogP contribution in [0.15, 0.2) is 23.4 Å². The van der Waals surface area contributed by atoms with E-state index >= 15 is 0 Å². The van der Waals surface area contributed by atoms with Crippen molar-refractivity contribution in [2.45, 2.75) is 51.7 Å². The third kappa shape index (κ3) is 7.16. The molecule has 1 amide bonds. The van der Waals surface area contributed by atoms with Crippen molar-refractivity contribution in [3.8, 4) is 0 Å². The number of allylic oxidation sites excluding steroid dienone is 4. The molecule has 0 saturated carbocycles. The first-order valence-electron chi connectivity index (χ1n) is 11.9. The van der Waals surface area contributed by atoms with E-state index in [9.17, 15) is 17.6 Å². The Balaban J connectivity index is 0.00000182. The van der Waals surface area contributed by atoms with E-state index in [-0.39, 0.29) is 25.9 Å². The molecule has 0 radical (unpaired) electrons. The van der Waals surface area contributed by atoms with Gasteiger partial charge in [-0.1, -0.05) is 13.8 Å². The average Bonchev–Trinajstić information content (AvgIpc) is 2.82. The van der Waals surface area contributed by atoms with Crippen molar-refractivity contribution >= 4 is 15.9 Å². The number of carbonyl (C=O) groups is 1. The number of nitrogens with two attached hydrogens (primary N) is 1. The minimum absolute atomic E-state index is 0.213. The molecule has 2 aliphatic heterocycles. The highest BCUT2D eigenvalue weighted by molar-refractivity contribution is 7.91. The van der Waals surface area contributed by atoms with Crippen molar-refractivity contribution in [3.63, 3.8) is 0 Å². The van der Waals surface area contributed by atoms with Crippen LogP contribution in [0.1, 0.15) is 47.0 Å². The van der Waals surface area contributed by atoms with E-state index in [2.05, 4.69) is 9.64 Å². The molecule has 0 aromatic rings. The molecule has 2 N–H and O–H groups in total. The maximum atomic E-state index is 14.5. The summed E-state index contributed by atoms with van der Waals surface area (Å²) < 4.78 is 50.8. The zero-order valence-corrected chi connectivity index (χ0v) is 22.4. The van der Waals surface area contributed by atoms with Crippen LogP contribution in [0.25, 0.3) is 0 Å². The molecule has 0 unspecified atom stereocenters. The monoisotopic (exact) mass is 506 g/mol. The number of carbonyl (C=O) groups excluding carboxylic acids is 1. The van der Waals surface area contributed by atoms with Gasteiger partial charge in [0.2, 0.25) is 15.9 Å². The summed E-state index contributed by atoms with van der Waals surface area (Å²) in [4.78, 5) is 16.4. The first-order chi connectivity index (χ1) is 16.0. The van der Waals surface area contributed by atoms with Crippen molar-refractivity contribution < 1.29 is 27.1 Å². The van der Waals surface area contributed by atoms with Crippen LogP contribution in [0.2, 0.25) is 0 Å². The number of halogens is 1. The van der Waals surface area contributed by atoms with Gasteiger partial charge in [0.1, 0.15) is 5.76 Å². The van der Waals surface area contributed by atoms with Crippen molar-refractivity contribution in [2.24, 2.45) is 5.73 Å². The highest BCUT2D eigenvalue weighted by Gasteiger charge is 2.53. The second kappa shape index (κ2) is 14.0. The van der Waals surface area contributed by atoms with Gasteiger partial charge in [0, 0.05) is 65.6 Å². The number of likely N-dealkylation sites (tertiary alicyclic amines) is 1. The number of methoxy groups -OCH3 is 1. The topological polar surface area (TPSA) is 105 Å². The molecule has 2 saturated heterocycles. The number of amides is 1. The van der Waals surface area contributed by atoms with Crippen LogP contribution < -0.4 is 5.73 Å². The summed E-state index contributed by atoms with van der Waals surface area (Å²) >= 11 is 0. The SMILES string of the molecule is CCO/C(CC)=C(F)/C=C(\C)N1CCN(S(=O)(=O)C2(C(N)=O)CCN(CC)CC2)CC1.COC. The van der Waals surface area contributed by atoms with Gasteiger partial charge in [0.25, 0.3) is 0 Å². The Morgan fingerprint density at radius 2 is 1.59 bits per heavy atom. The lowest BCUT2D eigenvalue weighted by Crippen LogP contribution is -2.63. The van der Waals surface area contributed by atoms with Gasteiger partial charge in [-0.3, -0.25) is 4.79 Å². The third-order valence-corrected chi connectivity index (χ3v) is 9.01. The van der Waals surface area contributed by atoms with E-state index in [4.69, 9.17) is 10.5 Å². The van der Waals surface area contributed by atoms with Gasteiger partial charge < -0.3 is 25.0 Å². The maximum absolute atomic E-state index is 14.5. The minimum Gasteiger partial charge on any atom is -0.495 e. The van der Waals surface area contributed by atoms with Crippen LogP contribution in [-0.4, -0.2) is 99.8 Å². The largest absolute Gasteiger partial charge is 0.495 e.